The number of aryl methyl sites for hydroxylation is 2. The molecule has 1 N–H and O–H groups in total. The first kappa shape index (κ1) is 14.7. The number of hydrogen-bond donors (Lipinski definition) is 1. The molecule has 0 fully saturated rings. The summed E-state index contributed by atoms with van der Waals surface area (Å²) in [7, 11) is 1.72. The molecule has 0 amide bonds. The average Bonchev–Trinajstić information content (AvgIpc) is 2.52. The Labute approximate surface area is 112 Å². The minimum atomic E-state index is -0.0368. The second-order valence-corrected chi connectivity index (χ2v) is 5.63. The Morgan fingerprint density at radius 1 is 1.47 bits per heavy atom. The Hall–Kier alpha value is -0.390. The van der Waals surface area contributed by atoms with E-state index >= 15 is 0 Å². The van der Waals surface area contributed by atoms with Crippen LogP contribution < -0.4 is 5.32 Å². The molecule has 17 heavy (non-hydrogen) atoms. The van der Waals surface area contributed by atoms with Crippen molar-refractivity contribution in [2.75, 3.05) is 13.7 Å². The molecule has 1 rings (SSSR count). The van der Waals surface area contributed by atoms with Crippen molar-refractivity contribution in [2.24, 2.45) is 0 Å². The number of nitrogens with zero attached hydrogens (tertiary/aromatic N) is 2. The Morgan fingerprint density at radius 2 is 2.12 bits per heavy atom. The van der Waals surface area contributed by atoms with Crippen molar-refractivity contribution in [2.45, 2.75) is 46.3 Å². The molecule has 4 nitrogen and oxygen atoms in total. The Morgan fingerprint density at radius 3 is 2.65 bits per heavy atom. The Balaban J connectivity index is 2.75. The van der Waals surface area contributed by atoms with E-state index in [1.807, 2.05) is 11.6 Å². The zero-order chi connectivity index (χ0) is 13.1. The fourth-order valence-corrected chi connectivity index (χ4v) is 2.20. The molecule has 5 heteroatoms. The number of methoxy groups -OCH3 is 1. The first-order chi connectivity index (χ1) is 7.91. The summed E-state index contributed by atoms with van der Waals surface area (Å²) in [6.07, 6.45) is 0. The van der Waals surface area contributed by atoms with Crippen molar-refractivity contribution >= 4 is 15.9 Å². The van der Waals surface area contributed by atoms with E-state index in [4.69, 9.17) is 4.74 Å². The summed E-state index contributed by atoms with van der Waals surface area (Å²) < 4.78 is 8.31. The quantitative estimate of drug-likeness (QED) is 0.877. The lowest BCUT2D eigenvalue weighted by atomic mass is 10.1. The van der Waals surface area contributed by atoms with Crippen molar-refractivity contribution in [3.8, 4) is 0 Å². The van der Waals surface area contributed by atoms with Crippen molar-refractivity contribution < 1.29 is 4.74 Å². The molecule has 98 valence electrons. The van der Waals surface area contributed by atoms with Gasteiger partial charge in [0.25, 0.3) is 0 Å². The first-order valence-corrected chi connectivity index (χ1v) is 6.66. The van der Waals surface area contributed by atoms with Gasteiger partial charge < -0.3 is 10.1 Å². The van der Waals surface area contributed by atoms with E-state index in [2.05, 4.69) is 47.1 Å². The second kappa shape index (κ2) is 5.98. The second-order valence-electron chi connectivity index (χ2n) is 4.83. The van der Waals surface area contributed by atoms with E-state index in [1.165, 1.54) is 5.69 Å². The van der Waals surface area contributed by atoms with Crippen LogP contribution in [-0.2, 0) is 17.8 Å². The first-order valence-electron chi connectivity index (χ1n) is 5.87. The van der Waals surface area contributed by atoms with E-state index in [-0.39, 0.29) is 5.54 Å². The summed E-state index contributed by atoms with van der Waals surface area (Å²) in [6, 6.07) is 0. The van der Waals surface area contributed by atoms with Gasteiger partial charge in [-0.15, -0.1) is 0 Å². The number of hydrogen-bond acceptors (Lipinski definition) is 3. The average molecular weight is 304 g/mol. The monoisotopic (exact) mass is 303 g/mol. The fourth-order valence-electron chi connectivity index (χ4n) is 1.77. The van der Waals surface area contributed by atoms with E-state index in [0.29, 0.717) is 6.61 Å². The van der Waals surface area contributed by atoms with E-state index in [0.717, 1.165) is 23.3 Å². The summed E-state index contributed by atoms with van der Waals surface area (Å²) in [4.78, 5) is 0. The molecule has 0 aliphatic carbocycles. The molecule has 0 unspecified atom stereocenters. The number of rotatable bonds is 6. The lowest BCUT2D eigenvalue weighted by Crippen LogP contribution is -2.43. The predicted octanol–water partition coefficient (Wildman–Crippen LogP) is 2.49. The maximum atomic E-state index is 5.19. The molecule has 0 radical (unpaired) electrons. The van der Waals surface area contributed by atoms with Gasteiger partial charge in [-0.05, 0) is 43.6 Å². The van der Waals surface area contributed by atoms with Gasteiger partial charge in [0.05, 0.1) is 22.5 Å². The summed E-state index contributed by atoms with van der Waals surface area (Å²) in [6.45, 7) is 10.7. The van der Waals surface area contributed by atoms with Gasteiger partial charge in [-0.3, -0.25) is 4.68 Å². The van der Waals surface area contributed by atoms with Crippen LogP contribution in [0.1, 0.15) is 32.2 Å². The van der Waals surface area contributed by atoms with E-state index in [1.54, 1.807) is 7.11 Å². The molecule has 1 heterocycles. The maximum Gasteiger partial charge on any atom is 0.0739 e. The highest BCUT2D eigenvalue weighted by atomic mass is 79.9. The van der Waals surface area contributed by atoms with Crippen molar-refractivity contribution in [3.05, 3.63) is 15.9 Å². The third kappa shape index (κ3) is 3.79. The van der Waals surface area contributed by atoms with E-state index in [9.17, 15) is 0 Å². The predicted molar refractivity (Wildman–Crippen MR) is 73.1 cm³/mol. The van der Waals surface area contributed by atoms with Gasteiger partial charge in [0.15, 0.2) is 0 Å². The highest BCUT2D eigenvalue weighted by Gasteiger charge is 2.19. The smallest absolute Gasteiger partial charge is 0.0739 e. The SMILES string of the molecule is CCn1nc(C)c(Br)c1CNC(C)(C)COC. The largest absolute Gasteiger partial charge is 0.383 e. The van der Waals surface area contributed by atoms with E-state index < -0.39 is 0 Å². The lowest BCUT2D eigenvalue weighted by molar-refractivity contribution is 0.127. The molecule has 1 aromatic rings. The molecule has 0 bridgehead atoms. The minimum absolute atomic E-state index is 0.0368. The summed E-state index contributed by atoms with van der Waals surface area (Å²) in [5, 5.41) is 7.96. The molecular weight excluding hydrogens is 282 g/mol. The lowest BCUT2D eigenvalue weighted by Gasteiger charge is -2.25. The number of aromatic nitrogens is 2. The molecule has 1 aromatic heterocycles. The van der Waals surface area contributed by atoms with Crippen LogP contribution in [0.2, 0.25) is 0 Å². The third-order valence-electron chi connectivity index (χ3n) is 2.69. The highest BCUT2D eigenvalue weighted by molar-refractivity contribution is 9.10. The molecule has 0 spiro atoms. The highest BCUT2D eigenvalue weighted by Crippen LogP contribution is 2.21. The normalized spacial score (nSPS) is 12.1. The van der Waals surface area contributed by atoms with Crippen LogP contribution in [0, 0.1) is 6.92 Å². The van der Waals surface area contributed by atoms with Gasteiger partial charge in [-0.1, -0.05) is 0 Å². The Bertz CT molecular complexity index is 374. The standard InChI is InChI=1S/C12H22BrN3O/c1-6-16-10(11(13)9(2)15-16)7-14-12(3,4)8-17-5/h14H,6-8H2,1-5H3. The van der Waals surface area contributed by atoms with Crippen LogP contribution in [0.3, 0.4) is 0 Å². The van der Waals surface area contributed by atoms with Crippen LogP contribution in [0.15, 0.2) is 4.47 Å². The van der Waals surface area contributed by atoms with Crippen molar-refractivity contribution in [3.63, 3.8) is 0 Å². The molecule has 0 aliphatic heterocycles. The molecule has 0 saturated heterocycles. The topological polar surface area (TPSA) is 39.1 Å². The summed E-state index contributed by atoms with van der Waals surface area (Å²) in [5.74, 6) is 0. The van der Waals surface area contributed by atoms with Crippen molar-refractivity contribution in [1.82, 2.24) is 15.1 Å². The van der Waals surface area contributed by atoms with Gasteiger partial charge >= 0.3 is 0 Å². The Kier molecular flexibility index (Phi) is 5.16. The van der Waals surface area contributed by atoms with Gasteiger partial charge in [-0.25, -0.2) is 0 Å². The summed E-state index contributed by atoms with van der Waals surface area (Å²) in [5.41, 5.74) is 2.19. The zero-order valence-electron chi connectivity index (χ0n) is 11.3. The van der Waals surface area contributed by atoms with Crippen LogP contribution in [0.4, 0.5) is 0 Å². The van der Waals surface area contributed by atoms with Crippen LogP contribution >= 0.6 is 15.9 Å². The minimum Gasteiger partial charge on any atom is -0.383 e. The van der Waals surface area contributed by atoms with Crippen LogP contribution in [-0.4, -0.2) is 29.0 Å². The maximum absolute atomic E-state index is 5.19. The molecule has 0 atom stereocenters. The molecule has 0 aromatic carbocycles. The van der Waals surface area contributed by atoms with Crippen LogP contribution in [0.5, 0.6) is 0 Å². The van der Waals surface area contributed by atoms with Gasteiger partial charge in [0.2, 0.25) is 0 Å². The number of halogens is 1. The van der Waals surface area contributed by atoms with Gasteiger partial charge in [0.1, 0.15) is 0 Å². The number of nitrogens with one attached hydrogen (secondary N) is 1. The zero-order valence-corrected chi connectivity index (χ0v) is 12.9. The summed E-state index contributed by atoms with van der Waals surface area (Å²) >= 11 is 3.59. The molecule has 0 saturated carbocycles. The fraction of sp³-hybridized carbons (Fsp3) is 0.750. The van der Waals surface area contributed by atoms with Gasteiger partial charge in [-0.2, -0.15) is 5.10 Å². The number of ether oxygens (including phenoxy) is 1. The molecular formula is C12H22BrN3O. The molecule has 0 aliphatic rings. The van der Waals surface area contributed by atoms with Gasteiger partial charge in [0, 0.05) is 25.7 Å². The van der Waals surface area contributed by atoms with Crippen molar-refractivity contribution in [1.29, 1.82) is 0 Å². The van der Waals surface area contributed by atoms with Crippen LogP contribution in [0.25, 0.3) is 0 Å². The third-order valence-corrected chi connectivity index (χ3v) is 3.72.